The highest BCUT2D eigenvalue weighted by atomic mass is 16.6. The molecule has 1 aliphatic heterocycles. The van der Waals surface area contributed by atoms with Gasteiger partial charge in [-0.25, -0.2) is 0 Å². The molecular weight excluding hydrogens is 332 g/mol. The Balaban J connectivity index is 1.88. The van der Waals surface area contributed by atoms with Crippen molar-refractivity contribution >= 4 is 23.3 Å². The average molecular weight is 352 g/mol. The lowest BCUT2D eigenvalue weighted by Crippen LogP contribution is -2.46. The quantitative estimate of drug-likeness (QED) is 0.916. The van der Waals surface area contributed by atoms with Crippen LogP contribution in [0.25, 0.3) is 0 Å². The van der Waals surface area contributed by atoms with Crippen molar-refractivity contribution in [1.82, 2.24) is 9.88 Å². The Morgan fingerprint density at radius 2 is 2.00 bits per heavy atom. The zero-order valence-corrected chi connectivity index (χ0v) is 14.9. The molecule has 3 rings (SSSR count). The predicted molar refractivity (Wildman–Crippen MR) is 97.4 cm³/mol. The van der Waals surface area contributed by atoms with Crippen LogP contribution in [0.15, 0.2) is 47.8 Å². The van der Waals surface area contributed by atoms with E-state index in [1.165, 1.54) is 6.92 Å². The third-order valence-electron chi connectivity index (χ3n) is 4.00. The number of nitrogens with zero attached hydrogens (tertiary/aromatic N) is 3. The summed E-state index contributed by atoms with van der Waals surface area (Å²) in [5, 5.41) is 6.85. The number of hydrogen-bond donors (Lipinski definition) is 1. The number of pyridine rings is 1. The third kappa shape index (κ3) is 3.72. The number of hydrogen-bond acceptors (Lipinski definition) is 5. The first-order chi connectivity index (χ1) is 12.5. The predicted octanol–water partition coefficient (Wildman–Crippen LogP) is 2.46. The number of amidine groups is 1. The van der Waals surface area contributed by atoms with Crippen LogP contribution in [0.1, 0.15) is 30.7 Å². The highest BCUT2D eigenvalue weighted by Crippen LogP contribution is 2.20. The molecule has 0 radical (unpaired) electrons. The van der Waals surface area contributed by atoms with Crippen molar-refractivity contribution in [1.29, 1.82) is 0 Å². The summed E-state index contributed by atoms with van der Waals surface area (Å²) in [7, 11) is 0. The smallest absolute Gasteiger partial charge is 0.272 e. The molecule has 0 saturated heterocycles. The van der Waals surface area contributed by atoms with E-state index in [9.17, 15) is 9.59 Å². The molecule has 134 valence electrons. The maximum absolute atomic E-state index is 12.7. The Hall–Kier alpha value is -3.22. The number of oxime groups is 1. The molecule has 7 nitrogen and oxygen atoms in total. The number of benzene rings is 1. The van der Waals surface area contributed by atoms with Crippen LogP contribution in [-0.2, 0) is 21.0 Å². The van der Waals surface area contributed by atoms with Crippen LogP contribution in [0.3, 0.4) is 0 Å². The molecule has 7 heteroatoms. The van der Waals surface area contributed by atoms with Crippen LogP contribution in [0.5, 0.6) is 0 Å². The van der Waals surface area contributed by atoms with Crippen LogP contribution in [0.4, 0.5) is 5.69 Å². The molecular formula is C19H20N4O3. The van der Waals surface area contributed by atoms with Gasteiger partial charge in [0.15, 0.2) is 0 Å². The van der Waals surface area contributed by atoms with E-state index in [0.29, 0.717) is 23.8 Å². The maximum Gasteiger partial charge on any atom is 0.272 e. The first kappa shape index (κ1) is 17.6. The number of carbonyl (C=O) groups is 2. The van der Waals surface area contributed by atoms with Crippen LogP contribution in [-0.4, -0.2) is 33.6 Å². The van der Waals surface area contributed by atoms with Gasteiger partial charge in [-0.3, -0.25) is 19.5 Å². The number of amides is 2. The number of rotatable bonds is 4. The van der Waals surface area contributed by atoms with Crippen molar-refractivity contribution in [3.8, 4) is 0 Å². The number of carbonyl (C=O) groups excluding carboxylic acids is 2. The van der Waals surface area contributed by atoms with Gasteiger partial charge in [0, 0.05) is 18.8 Å². The van der Waals surface area contributed by atoms with Crippen molar-refractivity contribution in [3.05, 3.63) is 59.4 Å². The van der Waals surface area contributed by atoms with Gasteiger partial charge in [-0.05, 0) is 43.2 Å². The lowest BCUT2D eigenvalue weighted by Gasteiger charge is -2.30. The Kier molecular flexibility index (Phi) is 4.97. The molecule has 0 spiro atoms. The fourth-order valence-corrected chi connectivity index (χ4v) is 2.67. The molecule has 1 aromatic heterocycles. The van der Waals surface area contributed by atoms with Crippen molar-refractivity contribution in [2.45, 2.75) is 33.4 Å². The molecule has 1 unspecified atom stereocenters. The van der Waals surface area contributed by atoms with Crippen LogP contribution >= 0.6 is 0 Å². The highest BCUT2D eigenvalue weighted by Gasteiger charge is 2.33. The molecule has 2 aromatic rings. The first-order valence-corrected chi connectivity index (χ1v) is 8.29. The molecule has 2 heterocycles. The molecule has 0 bridgehead atoms. The Bertz CT molecular complexity index is 861. The summed E-state index contributed by atoms with van der Waals surface area (Å²) in [6.07, 6.45) is 1.01. The zero-order chi connectivity index (χ0) is 18.7. The summed E-state index contributed by atoms with van der Waals surface area (Å²) < 4.78 is 0. The molecule has 0 saturated carbocycles. The van der Waals surface area contributed by atoms with Gasteiger partial charge < -0.3 is 10.2 Å². The van der Waals surface area contributed by atoms with E-state index in [4.69, 9.17) is 4.84 Å². The molecule has 1 aliphatic rings. The van der Waals surface area contributed by atoms with Gasteiger partial charge in [0.05, 0.1) is 6.54 Å². The second kappa shape index (κ2) is 7.35. The third-order valence-corrected chi connectivity index (χ3v) is 4.00. The van der Waals surface area contributed by atoms with E-state index < -0.39 is 6.10 Å². The topological polar surface area (TPSA) is 83.9 Å². The molecule has 2 amide bonds. The second-order valence-electron chi connectivity index (χ2n) is 6.13. The van der Waals surface area contributed by atoms with Crippen LogP contribution < -0.4 is 5.32 Å². The number of nitrogens with one attached hydrogen (secondary N) is 1. The van der Waals surface area contributed by atoms with E-state index >= 15 is 0 Å². The highest BCUT2D eigenvalue weighted by molar-refractivity contribution is 6.09. The Morgan fingerprint density at radius 3 is 2.65 bits per heavy atom. The van der Waals surface area contributed by atoms with E-state index in [1.54, 1.807) is 30.2 Å². The maximum atomic E-state index is 12.7. The standard InChI is InChI=1S/C19H20N4O3/c1-12-5-4-10-20-17(12)18-22-26-13(2)19(25)23(18)11-15-6-8-16(9-7-15)21-14(3)24/h4-10,13H,11H2,1-3H3,(H,21,24). The van der Waals surface area contributed by atoms with Gasteiger partial charge in [0.25, 0.3) is 5.91 Å². The normalized spacial score (nSPS) is 16.7. The molecule has 26 heavy (non-hydrogen) atoms. The largest absolute Gasteiger partial charge is 0.381 e. The number of anilines is 1. The minimum Gasteiger partial charge on any atom is -0.381 e. The SMILES string of the molecule is CC(=O)Nc1ccc(CN2C(=O)C(C)ON=C2c2ncccc2C)cc1. The van der Waals surface area contributed by atoms with Gasteiger partial charge in [-0.2, -0.15) is 0 Å². The van der Waals surface area contributed by atoms with Gasteiger partial charge in [-0.15, -0.1) is 0 Å². The molecule has 0 fully saturated rings. The Morgan fingerprint density at radius 1 is 1.27 bits per heavy atom. The first-order valence-electron chi connectivity index (χ1n) is 8.29. The van der Waals surface area contributed by atoms with E-state index in [1.807, 2.05) is 31.2 Å². The van der Waals surface area contributed by atoms with Crippen LogP contribution in [0, 0.1) is 6.92 Å². The summed E-state index contributed by atoms with van der Waals surface area (Å²) >= 11 is 0. The van der Waals surface area contributed by atoms with Gasteiger partial charge in [0.1, 0.15) is 5.69 Å². The molecule has 1 N–H and O–H groups in total. The van der Waals surface area contributed by atoms with Crippen molar-refractivity contribution < 1.29 is 14.4 Å². The number of aromatic nitrogens is 1. The number of aryl methyl sites for hydroxylation is 1. The summed E-state index contributed by atoms with van der Waals surface area (Å²) in [6.45, 7) is 5.37. The van der Waals surface area contributed by atoms with Gasteiger partial charge in [0.2, 0.25) is 17.8 Å². The van der Waals surface area contributed by atoms with Crippen molar-refractivity contribution in [3.63, 3.8) is 0 Å². The van der Waals surface area contributed by atoms with E-state index in [0.717, 1.165) is 11.1 Å². The van der Waals surface area contributed by atoms with Crippen LogP contribution in [0.2, 0.25) is 0 Å². The van der Waals surface area contributed by atoms with E-state index in [2.05, 4.69) is 15.5 Å². The summed E-state index contributed by atoms with van der Waals surface area (Å²) in [4.78, 5) is 35.0. The summed E-state index contributed by atoms with van der Waals surface area (Å²) in [6, 6.07) is 11.1. The lowest BCUT2D eigenvalue weighted by molar-refractivity contribution is -0.142. The molecule has 1 atom stereocenters. The fourth-order valence-electron chi connectivity index (χ4n) is 2.67. The summed E-state index contributed by atoms with van der Waals surface area (Å²) in [5.41, 5.74) is 3.13. The van der Waals surface area contributed by atoms with Gasteiger partial charge in [-0.1, -0.05) is 23.4 Å². The second-order valence-corrected chi connectivity index (χ2v) is 6.13. The zero-order valence-electron chi connectivity index (χ0n) is 14.9. The molecule has 1 aromatic carbocycles. The average Bonchev–Trinajstić information content (AvgIpc) is 2.61. The molecule has 0 aliphatic carbocycles. The van der Waals surface area contributed by atoms with Gasteiger partial charge >= 0.3 is 0 Å². The summed E-state index contributed by atoms with van der Waals surface area (Å²) in [5.74, 6) is 0.0955. The van der Waals surface area contributed by atoms with Crippen molar-refractivity contribution in [2.24, 2.45) is 5.16 Å². The minimum absolute atomic E-state index is 0.130. The Labute approximate surface area is 151 Å². The van der Waals surface area contributed by atoms with Crippen molar-refractivity contribution in [2.75, 3.05) is 5.32 Å². The van der Waals surface area contributed by atoms with E-state index in [-0.39, 0.29) is 11.8 Å². The minimum atomic E-state index is -0.651. The lowest BCUT2D eigenvalue weighted by atomic mass is 10.1. The monoisotopic (exact) mass is 352 g/mol. The fraction of sp³-hybridized carbons (Fsp3) is 0.263.